The van der Waals surface area contributed by atoms with Gasteiger partial charge in [0.1, 0.15) is 11.5 Å². The van der Waals surface area contributed by atoms with E-state index in [9.17, 15) is 5.11 Å². The van der Waals surface area contributed by atoms with Gasteiger partial charge >= 0.3 is 37.9 Å². The van der Waals surface area contributed by atoms with E-state index in [-0.39, 0.29) is 5.75 Å². The van der Waals surface area contributed by atoms with Crippen molar-refractivity contribution >= 4 is 23.2 Å². The summed E-state index contributed by atoms with van der Waals surface area (Å²) in [7, 11) is 11.5. The molecule has 0 heterocycles. The van der Waals surface area contributed by atoms with Gasteiger partial charge in [0.2, 0.25) is 0 Å². The van der Waals surface area contributed by atoms with Gasteiger partial charge in [0, 0.05) is 28.8 Å². The molecule has 3 nitrogen and oxygen atoms in total. The van der Waals surface area contributed by atoms with Gasteiger partial charge in [-0.1, -0.05) is 73.5 Å². The molecule has 0 amide bonds. The van der Waals surface area contributed by atoms with E-state index >= 15 is 0 Å². The number of ether oxygens (including phenoxy) is 1. The number of nitrogens with zero attached hydrogens (tertiary/aromatic N) is 1. The summed E-state index contributed by atoms with van der Waals surface area (Å²) < 4.78 is 5.62. The van der Waals surface area contributed by atoms with Gasteiger partial charge in [-0.15, -0.1) is 0 Å². The molecule has 3 aromatic carbocycles. The van der Waals surface area contributed by atoms with Crippen LogP contribution in [0.5, 0.6) is 11.5 Å². The van der Waals surface area contributed by atoms with Crippen LogP contribution in [0, 0.1) is 0 Å². The van der Waals surface area contributed by atoms with Crippen LogP contribution in [0.25, 0.3) is 0 Å². The van der Waals surface area contributed by atoms with E-state index in [1.807, 2.05) is 54.7 Å². The molecule has 6 heteroatoms. The van der Waals surface area contributed by atoms with Gasteiger partial charge in [0.25, 0.3) is 0 Å². The molecule has 0 aliphatic heterocycles. The number of benzene rings is 3. The SMILES string of the molecule is COc1cc(C=NC2CCCC2)c(O)c(C(C)(c2ccccc2)c2ccccc2)c1.[Cl][Zr][Cl]. The number of hydrogen-bond acceptors (Lipinski definition) is 3. The summed E-state index contributed by atoms with van der Waals surface area (Å²) in [5.41, 5.74) is 3.19. The summed E-state index contributed by atoms with van der Waals surface area (Å²) in [5.74, 6) is 0.974. The van der Waals surface area contributed by atoms with E-state index in [2.05, 4.69) is 31.2 Å². The first kappa shape index (κ1) is 26.0. The van der Waals surface area contributed by atoms with E-state index < -0.39 is 26.3 Å². The Morgan fingerprint density at radius 2 is 1.48 bits per heavy atom. The van der Waals surface area contributed by atoms with E-state index in [0.717, 1.165) is 29.5 Å². The Kier molecular flexibility index (Phi) is 10.0. The first-order chi connectivity index (χ1) is 16.0. The van der Waals surface area contributed by atoms with Gasteiger partial charge in [-0.3, -0.25) is 4.99 Å². The van der Waals surface area contributed by atoms with Crippen molar-refractivity contribution in [3.63, 3.8) is 0 Å². The average molecular weight is 562 g/mol. The van der Waals surface area contributed by atoms with Crippen molar-refractivity contribution in [1.29, 1.82) is 0 Å². The predicted octanol–water partition coefficient (Wildman–Crippen LogP) is 7.49. The topological polar surface area (TPSA) is 41.8 Å². The third kappa shape index (κ3) is 6.29. The molecule has 0 bridgehead atoms. The summed E-state index contributed by atoms with van der Waals surface area (Å²) in [5, 5.41) is 11.4. The minimum atomic E-state index is -0.826. The van der Waals surface area contributed by atoms with Gasteiger partial charge in [-0.05, 0) is 43.0 Å². The zero-order chi connectivity index (χ0) is 23.7. The molecule has 3 aromatic rings. The number of halogens is 2. The number of aliphatic imine (C=N–C) groups is 1. The quantitative estimate of drug-likeness (QED) is 0.250. The fourth-order valence-electron chi connectivity index (χ4n) is 4.49. The zero-order valence-electron chi connectivity index (χ0n) is 19.0. The van der Waals surface area contributed by atoms with Gasteiger partial charge in [0.05, 0.1) is 7.11 Å². The molecule has 1 fully saturated rings. The third-order valence-electron chi connectivity index (χ3n) is 6.34. The molecule has 33 heavy (non-hydrogen) atoms. The Hall–Kier alpha value is -1.61. The van der Waals surface area contributed by atoms with E-state index in [1.54, 1.807) is 7.11 Å². The monoisotopic (exact) mass is 559 g/mol. The van der Waals surface area contributed by atoms with Crippen LogP contribution in [-0.2, 0) is 26.3 Å². The molecule has 1 N–H and O–H groups in total. The molecule has 0 radical (unpaired) electrons. The second-order valence-electron chi connectivity index (χ2n) is 8.26. The van der Waals surface area contributed by atoms with Crippen LogP contribution in [0.2, 0.25) is 0 Å². The number of methoxy groups -OCH3 is 1. The summed E-state index contributed by atoms with van der Waals surface area (Å²) in [6.07, 6.45) is 6.54. The summed E-state index contributed by atoms with van der Waals surface area (Å²) in [6.45, 7) is 2.16. The molecule has 172 valence electrons. The Morgan fingerprint density at radius 3 is 1.97 bits per heavy atom. The van der Waals surface area contributed by atoms with Crippen molar-refractivity contribution in [3.8, 4) is 11.5 Å². The Balaban J connectivity index is 0.000000968. The predicted molar refractivity (Wildman–Crippen MR) is 135 cm³/mol. The zero-order valence-corrected chi connectivity index (χ0v) is 22.9. The number of hydrogen-bond donors (Lipinski definition) is 1. The second kappa shape index (κ2) is 12.7. The van der Waals surface area contributed by atoms with Crippen LogP contribution in [0.1, 0.15) is 54.9 Å². The van der Waals surface area contributed by atoms with E-state index in [4.69, 9.17) is 26.8 Å². The van der Waals surface area contributed by atoms with Crippen LogP contribution in [0.3, 0.4) is 0 Å². The van der Waals surface area contributed by atoms with Crippen molar-refractivity contribution in [1.82, 2.24) is 0 Å². The fourth-order valence-corrected chi connectivity index (χ4v) is 4.49. The van der Waals surface area contributed by atoms with Crippen molar-refractivity contribution in [3.05, 3.63) is 95.1 Å². The van der Waals surface area contributed by atoms with Crippen molar-refractivity contribution in [2.45, 2.75) is 44.1 Å². The van der Waals surface area contributed by atoms with Gasteiger partial charge < -0.3 is 9.84 Å². The standard InChI is InChI=1S/C27H29NO2.2ClH.Zr/c1-27(21-11-5-3-6-12-21,22-13-7-4-8-14-22)25-18-24(30-2)17-20(26(25)29)19-28-23-15-9-10-16-23;;;/h3-8,11-14,17-19,23,29H,9-10,15-16H2,1-2H3;2*1H;/q;;;+2/p-2. The number of phenolic OH excluding ortho intramolecular Hbond substituents is 1. The van der Waals surface area contributed by atoms with Gasteiger partial charge in [-0.25, -0.2) is 0 Å². The molecule has 1 saturated carbocycles. The van der Waals surface area contributed by atoms with Crippen LogP contribution in [0.4, 0.5) is 0 Å². The maximum atomic E-state index is 11.4. The molecule has 4 rings (SSSR count). The van der Waals surface area contributed by atoms with Crippen LogP contribution in [-0.4, -0.2) is 24.5 Å². The third-order valence-corrected chi connectivity index (χ3v) is 6.34. The first-order valence-corrected chi connectivity index (χ1v) is 17.4. The molecule has 0 saturated heterocycles. The second-order valence-corrected chi connectivity index (χ2v) is 12.0. The molecular formula is C27H29Cl2NO2Zr. The molecule has 1 aliphatic carbocycles. The number of aromatic hydroxyl groups is 1. The molecule has 0 spiro atoms. The Morgan fingerprint density at radius 1 is 0.970 bits per heavy atom. The molecular weight excluding hydrogens is 532 g/mol. The number of rotatable bonds is 6. The van der Waals surface area contributed by atoms with Crippen molar-refractivity contribution in [2.75, 3.05) is 7.11 Å². The van der Waals surface area contributed by atoms with Gasteiger partial charge in [0.15, 0.2) is 0 Å². The fraction of sp³-hybridized carbons (Fsp3) is 0.296. The first-order valence-electron chi connectivity index (χ1n) is 11.1. The minimum absolute atomic E-state index is 0.257. The average Bonchev–Trinajstić information content (AvgIpc) is 3.38. The molecule has 0 aromatic heterocycles. The van der Waals surface area contributed by atoms with E-state index in [0.29, 0.717) is 17.4 Å². The number of phenols is 1. The summed E-state index contributed by atoms with van der Waals surface area (Å²) in [6, 6.07) is 24.8. The molecule has 0 unspecified atom stereocenters. The molecule has 1 aliphatic rings. The van der Waals surface area contributed by atoms with Crippen molar-refractivity contribution < 1.29 is 30.7 Å². The summed E-state index contributed by atoms with van der Waals surface area (Å²) >= 11 is -0.826. The van der Waals surface area contributed by atoms with Crippen LogP contribution >= 0.6 is 17.0 Å². The maximum absolute atomic E-state index is 11.4. The van der Waals surface area contributed by atoms with E-state index in [1.165, 1.54) is 12.8 Å². The summed E-state index contributed by atoms with van der Waals surface area (Å²) in [4.78, 5) is 4.76. The van der Waals surface area contributed by atoms with Crippen LogP contribution in [0.15, 0.2) is 77.8 Å². The van der Waals surface area contributed by atoms with Crippen LogP contribution < -0.4 is 4.74 Å². The van der Waals surface area contributed by atoms with Gasteiger partial charge in [-0.2, -0.15) is 0 Å². The molecule has 0 atom stereocenters. The Bertz CT molecular complexity index is 999. The van der Waals surface area contributed by atoms with Crippen molar-refractivity contribution in [2.24, 2.45) is 4.99 Å². The normalized spacial score (nSPS) is 14.1. The Labute approximate surface area is 215 Å².